The predicted molar refractivity (Wildman–Crippen MR) is 72.2 cm³/mol. The first-order chi connectivity index (χ1) is 8.75. The van der Waals surface area contributed by atoms with Gasteiger partial charge in [0.05, 0.1) is 10.2 Å². The largest absolute Gasteiger partial charge is 0.480 e. The monoisotopic (exact) mass is 262 g/mol. The summed E-state index contributed by atoms with van der Waals surface area (Å²) >= 11 is 1.58. The van der Waals surface area contributed by atoms with Gasteiger partial charge >= 0.3 is 5.97 Å². The van der Waals surface area contributed by atoms with Gasteiger partial charge in [0.25, 0.3) is 0 Å². The summed E-state index contributed by atoms with van der Waals surface area (Å²) in [4.78, 5) is 17.8. The second-order valence-corrected chi connectivity index (χ2v) is 5.52. The Bertz CT molecular complexity index is 548. The van der Waals surface area contributed by atoms with Crippen LogP contribution in [-0.4, -0.2) is 28.6 Å². The van der Waals surface area contributed by atoms with Crippen molar-refractivity contribution >= 4 is 32.7 Å². The van der Waals surface area contributed by atoms with Crippen molar-refractivity contribution < 1.29 is 9.90 Å². The number of aromatic nitrogens is 1. The third-order valence-corrected chi connectivity index (χ3v) is 4.39. The van der Waals surface area contributed by atoms with Crippen LogP contribution in [0.15, 0.2) is 24.3 Å². The van der Waals surface area contributed by atoms with Gasteiger partial charge in [-0.1, -0.05) is 23.5 Å². The number of carboxylic acid groups (broad SMARTS) is 1. The molecule has 3 rings (SSSR count). The van der Waals surface area contributed by atoms with Crippen LogP contribution in [0.3, 0.4) is 0 Å². The number of benzene rings is 1. The van der Waals surface area contributed by atoms with Crippen molar-refractivity contribution in [3.05, 3.63) is 24.3 Å². The number of thiazole rings is 1. The van der Waals surface area contributed by atoms with Crippen LogP contribution in [0.5, 0.6) is 0 Å². The molecule has 1 unspecified atom stereocenters. The Labute approximate surface area is 109 Å². The van der Waals surface area contributed by atoms with Crippen LogP contribution in [0.25, 0.3) is 10.2 Å². The van der Waals surface area contributed by atoms with Crippen LogP contribution in [0.1, 0.15) is 19.3 Å². The first kappa shape index (κ1) is 11.5. The first-order valence-corrected chi connectivity index (χ1v) is 6.92. The Morgan fingerprint density at radius 1 is 1.39 bits per heavy atom. The fraction of sp³-hybridized carbons (Fsp3) is 0.385. The van der Waals surface area contributed by atoms with Gasteiger partial charge < -0.3 is 10.0 Å². The lowest BCUT2D eigenvalue weighted by molar-refractivity contribution is -0.139. The fourth-order valence-corrected chi connectivity index (χ4v) is 3.44. The highest BCUT2D eigenvalue weighted by molar-refractivity contribution is 7.22. The molecule has 0 amide bonds. The molecule has 0 radical (unpaired) electrons. The SMILES string of the molecule is O=C(O)C1CCCCN1c1nc2ccccc2s1. The number of hydrogen-bond acceptors (Lipinski definition) is 4. The molecular formula is C13H14N2O2S. The average Bonchev–Trinajstić information content (AvgIpc) is 2.82. The molecule has 1 aliphatic rings. The Morgan fingerprint density at radius 2 is 2.22 bits per heavy atom. The van der Waals surface area contributed by atoms with Crippen molar-refractivity contribution in [2.24, 2.45) is 0 Å². The zero-order valence-electron chi connectivity index (χ0n) is 9.87. The van der Waals surface area contributed by atoms with Crippen molar-refractivity contribution in [3.8, 4) is 0 Å². The highest BCUT2D eigenvalue weighted by Gasteiger charge is 2.30. The van der Waals surface area contributed by atoms with Gasteiger partial charge in [-0.3, -0.25) is 0 Å². The second kappa shape index (κ2) is 4.57. The minimum atomic E-state index is -0.742. The predicted octanol–water partition coefficient (Wildman–Crippen LogP) is 2.74. The molecule has 5 heteroatoms. The molecule has 1 atom stereocenters. The van der Waals surface area contributed by atoms with E-state index in [1.807, 2.05) is 29.2 Å². The van der Waals surface area contributed by atoms with E-state index in [0.717, 1.165) is 34.7 Å². The Hall–Kier alpha value is -1.62. The van der Waals surface area contributed by atoms with Crippen molar-refractivity contribution in [1.82, 2.24) is 4.98 Å². The molecule has 1 N–H and O–H groups in total. The van der Waals surface area contributed by atoms with Crippen LogP contribution >= 0.6 is 11.3 Å². The average molecular weight is 262 g/mol. The summed E-state index contributed by atoms with van der Waals surface area (Å²) in [5.74, 6) is -0.742. The van der Waals surface area contributed by atoms with E-state index in [2.05, 4.69) is 4.98 Å². The molecule has 0 spiro atoms. The highest BCUT2D eigenvalue weighted by Crippen LogP contribution is 2.32. The molecule has 1 aromatic heterocycles. The third-order valence-electron chi connectivity index (χ3n) is 3.32. The number of anilines is 1. The first-order valence-electron chi connectivity index (χ1n) is 6.11. The maximum atomic E-state index is 11.3. The fourth-order valence-electron chi connectivity index (χ4n) is 2.40. The van der Waals surface area contributed by atoms with E-state index >= 15 is 0 Å². The molecular weight excluding hydrogens is 248 g/mol. The van der Waals surface area contributed by atoms with Crippen LogP contribution in [0.4, 0.5) is 5.13 Å². The van der Waals surface area contributed by atoms with Crippen molar-refractivity contribution in [2.45, 2.75) is 25.3 Å². The summed E-state index contributed by atoms with van der Waals surface area (Å²) in [5.41, 5.74) is 0.951. The summed E-state index contributed by atoms with van der Waals surface area (Å²) in [6.45, 7) is 0.788. The number of carbonyl (C=O) groups is 1. The Balaban J connectivity index is 1.98. The number of piperidine rings is 1. The molecule has 18 heavy (non-hydrogen) atoms. The molecule has 1 aromatic carbocycles. The van der Waals surface area contributed by atoms with Gasteiger partial charge in [0.2, 0.25) is 0 Å². The molecule has 4 nitrogen and oxygen atoms in total. The summed E-state index contributed by atoms with van der Waals surface area (Å²) < 4.78 is 1.11. The minimum absolute atomic E-state index is 0.417. The van der Waals surface area contributed by atoms with Crippen molar-refractivity contribution in [1.29, 1.82) is 0 Å². The van der Waals surface area contributed by atoms with E-state index in [-0.39, 0.29) is 0 Å². The molecule has 0 saturated carbocycles. The van der Waals surface area contributed by atoms with Crippen LogP contribution in [-0.2, 0) is 4.79 Å². The number of para-hydroxylation sites is 1. The number of fused-ring (bicyclic) bond motifs is 1. The number of hydrogen-bond donors (Lipinski definition) is 1. The molecule has 1 aliphatic heterocycles. The van der Waals surface area contributed by atoms with Gasteiger partial charge in [0.1, 0.15) is 6.04 Å². The number of aliphatic carboxylic acids is 1. The van der Waals surface area contributed by atoms with E-state index in [0.29, 0.717) is 6.42 Å². The van der Waals surface area contributed by atoms with Crippen molar-refractivity contribution in [3.63, 3.8) is 0 Å². The molecule has 1 saturated heterocycles. The minimum Gasteiger partial charge on any atom is -0.480 e. The van der Waals surface area contributed by atoms with Gasteiger partial charge in [-0.25, -0.2) is 9.78 Å². The molecule has 0 bridgehead atoms. The zero-order chi connectivity index (χ0) is 12.5. The highest BCUT2D eigenvalue weighted by atomic mass is 32.1. The Morgan fingerprint density at radius 3 is 3.00 bits per heavy atom. The molecule has 2 heterocycles. The quantitative estimate of drug-likeness (QED) is 0.904. The number of carboxylic acids is 1. The second-order valence-electron chi connectivity index (χ2n) is 4.51. The lowest BCUT2D eigenvalue weighted by Gasteiger charge is -2.32. The Kier molecular flexibility index (Phi) is 2.91. The summed E-state index contributed by atoms with van der Waals surface area (Å²) in [5, 5.41) is 10.1. The number of rotatable bonds is 2. The van der Waals surface area contributed by atoms with Gasteiger partial charge in [0, 0.05) is 6.54 Å². The van der Waals surface area contributed by atoms with Gasteiger partial charge in [-0.2, -0.15) is 0 Å². The van der Waals surface area contributed by atoms with Crippen LogP contribution in [0.2, 0.25) is 0 Å². The maximum absolute atomic E-state index is 11.3. The molecule has 0 aliphatic carbocycles. The molecule has 94 valence electrons. The summed E-state index contributed by atoms with van der Waals surface area (Å²) in [6, 6.07) is 7.51. The van der Waals surface area contributed by atoms with Gasteiger partial charge in [-0.15, -0.1) is 0 Å². The van der Waals surface area contributed by atoms with E-state index in [9.17, 15) is 9.90 Å². The van der Waals surface area contributed by atoms with E-state index in [1.165, 1.54) is 0 Å². The van der Waals surface area contributed by atoms with E-state index < -0.39 is 12.0 Å². The van der Waals surface area contributed by atoms with Gasteiger partial charge in [-0.05, 0) is 31.4 Å². The van der Waals surface area contributed by atoms with E-state index in [4.69, 9.17) is 0 Å². The summed E-state index contributed by atoms with van der Waals surface area (Å²) in [6.07, 6.45) is 2.74. The van der Waals surface area contributed by atoms with Crippen LogP contribution in [0, 0.1) is 0 Å². The molecule has 1 fully saturated rings. The lowest BCUT2D eigenvalue weighted by Crippen LogP contribution is -2.44. The zero-order valence-corrected chi connectivity index (χ0v) is 10.7. The van der Waals surface area contributed by atoms with Gasteiger partial charge in [0.15, 0.2) is 5.13 Å². The number of nitrogens with zero attached hydrogens (tertiary/aromatic N) is 2. The maximum Gasteiger partial charge on any atom is 0.326 e. The van der Waals surface area contributed by atoms with E-state index in [1.54, 1.807) is 11.3 Å². The van der Waals surface area contributed by atoms with Crippen LogP contribution < -0.4 is 4.90 Å². The van der Waals surface area contributed by atoms with Crippen molar-refractivity contribution in [2.75, 3.05) is 11.4 Å². The smallest absolute Gasteiger partial charge is 0.326 e. The normalized spacial score (nSPS) is 20.2. The third kappa shape index (κ3) is 1.95. The standard InChI is InChI=1S/C13H14N2O2S/c16-12(17)10-6-3-4-8-15(10)13-14-9-5-1-2-7-11(9)18-13/h1-2,5,7,10H,3-4,6,8H2,(H,16,17). The topological polar surface area (TPSA) is 53.4 Å². The summed E-state index contributed by atoms with van der Waals surface area (Å²) in [7, 11) is 0. The molecule has 2 aromatic rings. The lowest BCUT2D eigenvalue weighted by atomic mass is 10.0.